The molecule has 0 saturated carbocycles. The summed E-state index contributed by atoms with van der Waals surface area (Å²) >= 11 is 0. The number of nitrogens with zero attached hydrogens (tertiary/aromatic N) is 1. The zero-order chi connectivity index (χ0) is 15.2. The molecule has 0 bridgehead atoms. The van der Waals surface area contributed by atoms with Crippen LogP contribution < -0.4 is 10.1 Å². The molecule has 0 fully saturated rings. The molecule has 0 spiro atoms. The summed E-state index contributed by atoms with van der Waals surface area (Å²) in [5, 5.41) is 13.1. The predicted octanol–water partition coefficient (Wildman–Crippen LogP) is 2.92. The van der Waals surface area contributed by atoms with Gasteiger partial charge in [0.05, 0.1) is 4.92 Å². The van der Waals surface area contributed by atoms with E-state index < -0.39 is 4.92 Å². The lowest BCUT2D eigenvalue weighted by molar-refractivity contribution is -0.384. The first-order valence-corrected chi connectivity index (χ1v) is 6.28. The van der Waals surface area contributed by atoms with Crippen LogP contribution >= 0.6 is 0 Å². The maximum Gasteiger partial charge on any atom is 0.269 e. The van der Waals surface area contributed by atoms with Gasteiger partial charge in [-0.1, -0.05) is 12.1 Å². The Hall–Kier alpha value is -2.89. The molecule has 0 atom stereocenters. The quantitative estimate of drug-likeness (QED) is 0.676. The van der Waals surface area contributed by atoms with Gasteiger partial charge in [0.1, 0.15) is 5.75 Å². The summed E-state index contributed by atoms with van der Waals surface area (Å²) in [5.74, 6) is 0.291. The van der Waals surface area contributed by atoms with Crippen molar-refractivity contribution in [1.29, 1.82) is 0 Å². The number of amides is 1. The number of nitrogens with one attached hydrogen (secondary N) is 1. The van der Waals surface area contributed by atoms with Crippen LogP contribution in [0.1, 0.15) is 5.56 Å². The maximum atomic E-state index is 11.7. The highest BCUT2D eigenvalue weighted by Gasteiger charge is 2.07. The van der Waals surface area contributed by atoms with Gasteiger partial charge in [-0.25, -0.2) is 0 Å². The fourth-order valence-corrected chi connectivity index (χ4v) is 1.72. The summed E-state index contributed by atoms with van der Waals surface area (Å²) in [6.45, 7) is 1.81. The Morgan fingerprint density at radius 3 is 2.57 bits per heavy atom. The third kappa shape index (κ3) is 4.31. The molecule has 0 aromatic heterocycles. The third-order valence-corrected chi connectivity index (χ3v) is 2.72. The zero-order valence-electron chi connectivity index (χ0n) is 11.4. The van der Waals surface area contributed by atoms with Gasteiger partial charge in [-0.15, -0.1) is 0 Å². The molecule has 2 aromatic carbocycles. The van der Waals surface area contributed by atoms with Crippen molar-refractivity contribution >= 4 is 17.3 Å². The first-order valence-electron chi connectivity index (χ1n) is 6.28. The number of aryl methyl sites for hydroxylation is 1. The molecule has 0 unspecified atom stereocenters. The van der Waals surface area contributed by atoms with Gasteiger partial charge < -0.3 is 10.1 Å². The zero-order valence-corrected chi connectivity index (χ0v) is 11.4. The summed E-state index contributed by atoms with van der Waals surface area (Å²) in [7, 11) is 0. The number of rotatable bonds is 5. The molecule has 0 radical (unpaired) electrons. The van der Waals surface area contributed by atoms with E-state index >= 15 is 0 Å². The maximum absolute atomic E-state index is 11.7. The summed E-state index contributed by atoms with van der Waals surface area (Å²) in [4.78, 5) is 21.7. The molecule has 6 nitrogen and oxygen atoms in total. The van der Waals surface area contributed by atoms with Gasteiger partial charge in [0.25, 0.3) is 11.6 Å². The van der Waals surface area contributed by atoms with Crippen LogP contribution in [-0.4, -0.2) is 17.4 Å². The number of nitro benzene ring substituents is 1. The molecular formula is C15H14N2O4. The monoisotopic (exact) mass is 286 g/mol. The number of hydrogen-bond donors (Lipinski definition) is 1. The summed E-state index contributed by atoms with van der Waals surface area (Å²) in [6, 6.07) is 13.0. The Bertz CT molecular complexity index is 653. The number of carbonyl (C=O) groups is 1. The minimum atomic E-state index is -0.494. The second-order valence-corrected chi connectivity index (χ2v) is 4.46. The molecule has 0 aliphatic rings. The fourth-order valence-electron chi connectivity index (χ4n) is 1.72. The molecule has 2 aromatic rings. The van der Waals surface area contributed by atoms with Crippen molar-refractivity contribution in [3.63, 3.8) is 0 Å². The molecule has 1 amide bonds. The molecule has 108 valence electrons. The molecule has 0 saturated heterocycles. The Kier molecular flexibility index (Phi) is 4.50. The minimum absolute atomic E-state index is 0.0241. The van der Waals surface area contributed by atoms with Crippen molar-refractivity contribution in [3.05, 3.63) is 64.2 Å². The highest BCUT2D eigenvalue weighted by molar-refractivity contribution is 5.91. The van der Waals surface area contributed by atoms with E-state index in [1.807, 2.05) is 25.1 Å². The molecule has 21 heavy (non-hydrogen) atoms. The van der Waals surface area contributed by atoms with Crippen molar-refractivity contribution in [2.75, 3.05) is 11.9 Å². The Balaban J connectivity index is 1.88. The van der Waals surface area contributed by atoms with Crippen LogP contribution in [0.2, 0.25) is 0 Å². The van der Waals surface area contributed by atoms with Crippen molar-refractivity contribution < 1.29 is 14.5 Å². The average molecular weight is 286 g/mol. The third-order valence-electron chi connectivity index (χ3n) is 2.72. The van der Waals surface area contributed by atoms with Crippen LogP contribution in [-0.2, 0) is 4.79 Å². The van der Waals surface area contributed by atoms with Crippen LogP contribution in [0.3, 0.4) is 0 Å². The summed E-state index contributed by atoms with van der Waals surface area (Å²) < 4.78 is 5.36. The second-order valence-electron chi connectivity index (χ2n) is 4.46. The van der Waals surface area contributed by atoms with Crippen molar-refractivity contribution in [1.82, 2.24) is 0 Å². The summed E-state index contributed by atoms with van der Waals surface area (Å²) in [5.41, 5.74) is 1.51. The molecule has 0 aliphatic heterocycles. The second kappa shape index (κ2) is 6.51. The van der Waals surface area contributed by atoms with Crippen molar-refractivity contribution in [3.8, 4) is 5.75 Å². The predicted molar refractivity (Wildman–Crippen MR) is 78.4 cm³/mol. The van der Waals surface area contributed by atoms with E-state index in [4.69, 9.17) is 4.74 Å². The number of nitro groups is 1. The SMILES string of the molecule is Cc1cccc(OCC(=O)Nc2ccc([N+](=O)[O-])cc2)c1. The molecular weight excluding hydrogens is 272 g/mol. The molecule has 1 N–H and O–H groups in total. The van der Waals surface area contributed by atoms with Gasteiger partial charge in [-0.05, 0) is 36.8 Å². The van der Waals surface area contributed by atoms with Gasteiger partial charge in [-0.3, -0.25) is 14.9 Å². The largest absolute Gasteiger partial charge is 0.484 e. The average Bonchev–Trinajstić information content (AvgIpc) is 2.46. The molecule has 0 heterocycles. The number of carbonyl (C=O) groups excluding carboxylic acids is 1. The first kappa shape index (κ1) is 14.5. The van der Waals surface area contributed by atoms with Gasteiger partial charge in [0.15, 0.2) is 6.61 Å². The van der Waals surface area contributed by atoms with E-state index in [0.29, 0.717) is 11.4 Å². The minimum Gasteiger partial charge on any atom is -0.484 e. The van der Waals surface area contributed by atoms with Gasteiger partial charge >= 0.3 is 0 Å². The Morgan fingerprint density at radius 1 is 1.24 bits per heavy atom. The lowest BCUT2D eigenvalue weighted by atomic mass is 10.2. The molecule has 2 rings (SSSR count). The van der Waals surface area contributed by atoms with E-state index in [0.717, 1.165) is 5.56 Å². The smallest absolute Gasteiger partial charge is 0.269 e. The Morgan fingerprint density at radius 2 is 1.95 bits per heavy atom. The van der Waals surface area contributed by atoms with E-state index in [-0.39, 0.29) is 18.2 Å². The number of non-ortho nitro benzene ring substituents is 1. The standard InChI is InChI=1S/C15H14N2O4/c1-11-3-2-4-14(9-11)21-10-15(18)16-12-5-7-13(8-6-12)17(19)20/h2-9H,10H2,1H3,(H,16,18). The number of anilines is 1. The highest BCUT2D eigenvalue weighted by atomic mass is 16.6. The highest BCUT2D eigenvalue weighted by Crippen LogP contribution is 2.16. The topological polar surface area (TPSA) is 81.5 Å². The van der Waals surface area contributed by atoms with Crippen LogP contribution in [0.5, 0.6) is 5.75 Å². The lowest BCUT2D eigenvalue weighted by Gasteiger charge is -2.07. The van der Waals surface area contributed by atoms with Crippen LogP contribution in [0.4, 0.5) is 11.4 Å². The van der Waals surface area contributed by atoms with E-state index in [2.05, 4.69) is 5.32 Å². The lowest BCUT2D eigenvalue weighted by Crippen LogP contribution is -2.20. The van der Waals surface area contributed by atoms with Crippen LogP contribution in [0.15, 0.2) is 48.5 Å². The fraction of sp³-hybridized carbons (Fsp3) is 0.133. The Labute approximate surface area is 121 Å². The summed E-state index contributed by atoms with van der Waals surface area (Å²) in [6.07, 6.45) is 0. The van der Waals surface area contributed by atoms with Crippen LogP contribution in [0, 0.1) is 17.0 Å². The van der Waals surface area contributed by atoms with Gasteiger partial charge in [0.2, 0.25) is 0 Å². The van der Waals surface area contributed by atoms with E-state index in [9.17, 15) is 14.9 Å². The van der Waals surface area contributed by atoms with Crippen molar-refractivity contribution in [2.24, 2.45) is 0 Å². The van der Waals surface area contributed by atoms with Crippen molar-refractivity contribution in [2.45, 2.75) is 6.92 Å². The van der Waals surface area contributed by atoms with Gasteiger partial charge in [-0.2, -0.15) is 0 Å². The normalized spacial score (nSPS) is 9.95. The number of benzene rings is 2. The van der Waals surface area contributed by atoms with E-state index in [1.54, 1.807) is 6.07 Å². The van der Waals surface area contributed by atoms with Gasteiger partial charge in [0, 0.05) is 17.8 Å². The molecule has 0 aliphatic carbocycles. The van der Waals surface area contributed by atoms with Crippen LogP contribution in [0.25, 0.3) is 0 Å². The van der Waals surface area contributed by atoms with E-state index in [1.165, 1.54) is 24.3 Å². The number of hydrogen-bond acceptors (Lipinski definition) is 4. The first-order chi connectivity index (χ1) is 10.0. The number of ether oxygens (including phenoxy) is 1. The molecule has 6 heteroatoms.